The number of hydrogen-bond donors (Lipinski definition) is 2. The summed E-state index contributed by atoms with van der Waals surface area (Å²) in [6, 6.07) is 5.39. The van der Waals surface area contributed by atoms with Crippen molar-refractivity contribution in [1.82, 2.24) is 0 Å². The van der Waals surface area contributed by atoms with E-state index in [9.17, 15) is 24.3 Å². The van der Waals surface area contributed by atoms with Gasteiger partial charge in [0.1, 0.15) is 0 Å². The second-order valence-electron chi connectivity index (χ2n) is 6.78. The summed E-state index contributed by atoms with van der Waals surface area (Å²) in [4.78, 5) is 66.6. The Hall–Kier alpha value is -2.98. The summed E-state index contributed by atoms with van der Waals surface area (Å²) in [5.74, 6) is -5.07. The number of benzene rings is 1. The quantitative estimate of drug-likeness (QED) is 0.510. The Morgan fingerprint density at radius 2 is 1.53 bits per heavy atom. The molecule has 2 unspecified atom stereocenters. The maximum absolute atomic E-state index is 12.4. The van der Waals surface area contributed by atoms with Crippen molar-refractivity contribution in [3.05, 3.63) is 35.4 Å². The normalized spacial score (nSPS) is 19.5. The van der Waals surface area contributed by atoms with E-state index < -0.39 is 35.9 Å². The molecule has 1 aromatic carbocycles. The largest absolute Gasteiger partial charge is 0.396 e. The van der Waals surface area contributed by atoms with Gasteiger partial charge in [-0.15, -0.1) is 0 Å². The molecule has 164 valence electrons. The van der Waals surface area contributed by atoms with E-state index in [1.54, 1.807) is 0 Å². The fourth-order valence-corrected chi connectivity index (χ4v) is 2.97. The molecule has 10 heteroatoms. The molecule has 1 aliphatic rings. The van der Waals surface area contributed by atoms with Gasteiger partial charge in [-0.1, -0.05) is 25.0 Å². The van der Waals surface area contributed by atoms with Crippen molar-refractivity contribution in [2.75, 3.05) is 6.61 Å². The van der Waals surface area contributed by atoms with E-state index in [0.717, 1.165) is 0 Å². The molecule has 0 saturated heterocycles. The number of fused-ring (bicyclic) bond motifs is 1. The van der Waals surface area contributed by atoms with E-state index in [4.69, 9.17) is 5.11 Å². The fraction of sp³-hybridized carbons (Fsp3) is 0.500. The highest BCUT2D eigenvalue weighted by Crippen LogP contribution is 2.21. The van der Waals surface area contributed by atoms with Gasteiger partial charge in [0.25, 0.3) is 0 Å². The Morgan fingerprint density at radius 3 is 2.17 bits per heavy atom. The minimum atomic E-state index is -1.13. The number of carbonyl (C=O) groups excluding carboxylic acids is 4. The van der Waals surface area contributed by atoms with Crippen molar-refractivity contribution < 1.29 is 48.9 Å². The average Bonchev–Trinajstić information content (AvgIpc) is 2.75. The van der Waals surface area contributed by atoms with Crippen LogP contribution < -0.4 is 0 Å². The molecule has 1 heterocycles. The number of aliphatic hydroxyl groups is 2. The van der Waals surface area contributed by atoms with Crippen molar-refractivity contribution in [1.29, 1.82) is 0 Å². The topological polar surface area (TPSA) is 146 Å². The molecule has 0 spiro atoms. The van der Waals surface area contributed by atoms with Gasteiger partial charge in [0, 0.05) is 6.61 Å². The van der Waals surface area contributed by atoms with Crippen LogP contribution in [0, 0.1) is 5.92 Å². The molecule has 0 fully saturated rings. The summed E-state index contributed by atoms with van der Waals surface area (Å²) < 4.78 is 0. The summed E-state index contributed by atoms with van der Waals surface area (Å²) in [5.41, 5.74) is -0.506. The summed E-state index contributed by atoms with van der Waals surface area (Å²) >= 11 is 0. The molecule has 2 atom stereocenters. The Balaban J connectivity index is 2.14. The summed E-state index contributed by atoms with van der Waals surface area (Å²) in [6.07, 6.45) is 0.989. The zero-order chi connectivity index (χ0) is 21.9. The minimum absolute atomic E-state index is 0.0334. The number of unbranched alkanes of at least 4 members (excludes halogenated alkanes) is 2. The van der Waals surface area contributed by atoms with Crippen LogP contribution in [0.5, 0.6) is 0 Å². The van der Waals surface area contributed by atoms with E-state index in [0.29, 0.717) is 19.3 Å². The second-order valence-corrected chi connectivity index (χ2v) is 6.78. The van der Waals surface area contributed by atoms with Crippen molar-refractivity contribution in [2.24, 2.45) is 5.92 Å². The van der Waals surface area contributed by atoms with Crippen LogP contribution in [0.3, 0.4) is 0 Å². The van der Waals surface area contributed by atoms with Crippen LogP contribution in [0.25, 0.3) is 0 Å². The smallest absolute Gasteiger partial charge is 0.387 e. The van der Waals surface area contributed by atoms with Crippen LogP contribution in [0.15, 0.2) is 24.3 Å². The van der Waals surface area contributed by atoms with Gasteiger partial charge in [0.15, 0.2) is 0 Å². The SMILES string of the molecule is O=C1CCCC(C(O)CCCCCO)C(=O)OOC(=O)c2ccccc2C(=O)OO1. The Morgan fingerprint density at radius 1 is 0.900 bits per heavy atom. The Bertz CT molecular complexity index is 760. The third-order valence-corrected chi connectivity index (χ3v) is 4.60. The molecule has 2 N–H and O–H groups in total. The first-order valence-electron chi connectivity index (χ1n) is 9.66. The van der Waals surface area contributed by atoms with Crippen LogP contribution in [0.2, 0.25) is 0 Å². The third-order valence-electron chi connectivity index (χ3n) is 4.60. The van der Waals surface area contributed by atoms with Crippen molar-refractivity contribution in [3.8, 4) is 0 Å². The predicted molar refractivity (Wildman–Crippen MR) is 98.4 cm³/mol. The first-order valence-corrected chi connectivity index (χ1v) is 9.66. The minimum Gasteiger partial charge on any atom is -0.396 e. The highest BCUT2D eigenvalue weighted by Gasteiger charge is 2.31. The van der Waals surface area contributed by atoms with Crippen molar-refractivity contribution >= 4 is 23.9 Å². The molecule has 1 aliphatic heterocycles. The molecule has 0 aliphatic carbocycles. The first kappa shape index (κ1) is 23.3. The van der Waals surface area contributed by atoms with Crippen LogP contribution >= 0.6 is 0 Å². The van der Waals surface area contributed by atoms with Gasteiger partial charge < -0.3 is 10.2 Å². The number of carbonyl (C=O) groups is 4. The summed E-state index contributed by atoms with van der Waals surface area (Å²) in [5, 5.41) is 19.2. The maximum Gasteiger partial charge on any atom is 0.387 e. The van der Waals surface area contributed by atoms with E-state index in [1.807, 2.05) is 0 Å². The van der Waals surface area contributed by atoms with E-state index in [-0.39, 0.29) is 43.4 Å². The lowest BCUT2D eigenvalue weighted by Gasteiger charge is -2.20. The van der Waals surface area contributed by atoms with Gasteiger partial charge in [0.05, 0.1) is 29.6 Å². The van der Waals surface area contributed by atoms with Crippen molar-refractivity contribution in [3.63, 3.8) is 0 Å². The molecule has 2 rings (SSSR count). The monoisotopic (exact) mass is 424 g/mol. The second kappa shape index (κ2) is 11.9. The summed E-state index contributed by atoms with van der Waals surface area (Å²) in [6.45, 7) is 0.0334. The third kappa shape index (κ3) is 6.82. The molecule has 30 heavy (non-hydrogen) atoms. The number of hydrogen-bond acceptors (Lipinski definition) is 10. The molecular weight excluding hydrogens is 400 g/mol. The van der Waals surface area contributed by atoms with E-state index >= 15 is 0 Å². The highest BCUT2D eigenvalue weighted by molar-refractivity contribution is 6.03. The molecule has 0 saturated carbocycles. The number of rotatable bonds is 6. The lowest BCUT2D eigenvalue weighted by molar-refractivity contribution is -0.242. The van der Waals surface area contributed by atoms with E-state index in [2.05, 4.69) is 19.6 Å². The van der Waals surface area contributed by atoms with Gasteiger partial charge >= 0.3 is 23.9 Å². The fourth-order valence-electron chi connectivity index (χ4n) is 2.97. The maximum atomic E-state index is 12.4. The zero-order valence-corrected chi connectivity index (χ0v) is 16.3. The Labute approximate surface area is 172 Å². The highest BCUT2D eigenvalue weighted by atomic mass is 17.2. The van der Waals surface area contributed by atoms with Gasteiger partial charge in [0.2, 0.25) is 0 Å². The Kier molecular flexibility index (Phi) is 9.23. The van der Waals surface area contributed by atoms with Gasteiger partial charge in [-0.05, 0) is 37.8 Å². The van der Waals surface area contributed by atoms with Crippen LogP contribution in [-0.2, 0) is 29.1 Å². The van der Waals surface area contributed by atoms with Gasteiger partial charge in [-0.25, -0.2) is 38.7 Å². The molecule has 0 aromatic heterocycles. The first-order chi connectivity index (χ1) is 14.4. The average molecular weight is 424 g/mol. The zero-order valence-electron chi connectivity index (χ0n) is 16.3. The number of aliphatic hydroxyl groups excluding tert-OH is 2. The molecule has 0 bridgehead atoms. The molecule has 0 amide bonds. The van der Waals surface area contributed by atoms with Crippen LogP contribution in [0.1, 0.15) is 65.7 Å². The van der Waals surface area contributed by atoms with Gasteiger partial charge in [-0.2, -0.15) is 0 Å². The molecular formula is C20H24O10. The van der Waals surface area contributed by atoms with Gasteiger partial charge in [-0.3, -0.25) is 0 Å². The van der Waals surface area contributed by atoms with Crippen LogP contribution in [0.4, 0.5) is 0 Å². The van der Waals surface area contributed by atoms with Crippen molar-refractivity contribution in [2.45, 2.75) is 51.0 Å². The molecule has 1 aromatic rings. The lowest BCUT2D eigenvalue weighted by Crippen LogP contribution is -2.31. The lowest BCUT2D eigenvalue weighted by atomic mass is 9.92. The van der Waals surface area contributed by atoms with Crippen LogP contribution in [-0.4, -0.2) is 46.8 Å². The predicted octanol–water partition coefficient (Wildman–Crippen LogP) is 1.63. The summed E-state index contributed by atoms with van der Waals surface area (Å²) in [7, 11) is 0. The molecule has 10 nitrogen and oxygen atoms in total. The molecule has 0 radical (unpaired) electrons. The standard InChI is InChI=1S/C20H24O10/c21-12-5-1-2-10-16(22)15-9-6-11-17(23)27-28-18(24)13-7-3-4-8-14(13)19(25)29-30-20(15)26/h3-4,7-8,15-16,21-22H,1-2,5-6,9-12H2. The van der Waals surface area contributed by atoms with E-state index in [1.165, 1.54) is 24.3 Å².